The molecule has 0 aromatic heterocycles. The zero-order chi connectivity index (χ0) is 14.3. The lowest BCUT2D eigenvalue weighted by Crippen LogP contribution is -2.39. The molecule has 1 fully saturated rings. The monoisotopic (exact) mass is 272 g/mol. The molecule has 1 aliphatic rings. The standard InChI is InChI=1S/C14H28N2O3/c1-14(2,3)19-13(17)16(4)9-6-8-15-12-7-5-10-18-11-12/h12,15H,5-11H2,1-4H3. The van der Waals surface area contributed by atoms with Crippen LogP contribution in [0.15, 0.2) is 0 Å². The number of nitrogens with zero attached hydrogens (tertiary/aromatic N) is 1. The topological polar surface area (TPSA) is 50.8 Å². The molecule has 0 spiro atoms. The fourth-order valence-corrected chi connectivity index (χ4v) is 1.96. The first-order valence-corrected chi connectivity index (χ1v) is 7.14. The van der Waals surface area contributed by atoms with Crippen LogP contribution >= 0.6 is 0 Å². The number of ether oxygens (including phenoxy) is 2. The third kappa shape index (κ3) is 7.38. The zero-order valence-corrected chi connectivity index (χ0v) is 12.7. The molecule has 0 bridgehead atoms. The lowest BCUT2D eigenvalue weighted by Gasteiger charge is -2.25. The molecular weight excluding hydrogens is 244 g/mol. The van der Waals surface area contributed by atoms with E-state index in [1.54, 1.807) is 11.9 Å². The Labute approximate surface area is 116 Å². The summed E-state index contributed by atoms with van der Waals surface area (Å²) >= 11 is 0. The normalized spacial score (nSPS) is 20.1. The van der Waals surface area contributed by atoms with Crippen molar-refractivity contribution in [2.75, 3.05) is 33.4 Å². The molecule has 0 aromatic carbocycles. The lowest BCUT2D eigenvalue weighted by molar-refractivity contribution is 0.0295. The molecule has 1 heterocycles. The summed E-state index contributed by atoms with van der Waals surface area (Å²) in [5.74, 6) is 0. The van der Waals surface area contributed by atoms with Gasteiger partial charge in [0.05, 0.1) is 6.61 Å². The quantitative estimate of drug-likeness (QED) is 0.778. The SMILES string of the molecule is CN(CCCNC1CCCOC1)C(=O)OC(C)(C)C. The van der Waals surface area contributed by atoms with Gasteiger partial charge in [0.1, 0.15) is 5.60 Å². The highest BCUT2D eigenvalue weighted by Crippen LogP contribution is 2.09. The maximum atomic E-state index is 11.7. The average molecular weight is 272 g/mol. The Bertz CT molecular complexity index is 270. The Morgan fingerprint density at radius 1 is 1.47 bits per heavy atom. The highest BCUT2D eigenvalue weighted by atomic mass is 16.6. The molecule has 1 unspecified atom stereocenters. The molecule has 1 saturated heterocycles. The van der Waals surface area contributed by atoms with Gasteiger partial charge in [-0.15, -0.1) is 0 Å². The molecule has 1 N–H and O–H groups in total. The van der Waals surface area contributed by atoms with Gasteiger partial charge in [0.15, 0.2) is 0 Å². The first-order valence-electron chi connectivity index (χ1n) is 7.14. The minimum absolute atomic E-state index is 0.256. The van der Waals surface area contributed by atoms with E-state index >= 15 is 0 Å². The van der Waals surface area contributed by atoms with E-state index in [0.717, 1.165) is 32.6 Å². The van der Waals surface area contributed by atoms with Gasteiger partial charge in [0.25, 0.3) is 0 Å². The molecule has 112 valence electrons. The summed E-state index contributed by atoms with van der Waals surface area (Å²) in [4.78, 5) is 13.3. The van der Waals surface area contributed by atoms with E-state index < -0.39 is 5.60 Å². The number of carbonyl (C=O) groups excluding carboxylic acids is 1. The third-order valence-corrected chi connectivity index (χ3v) is 2.97. The molecule has 0 saturated carbocycles. The molecule has 1 amide bonds. The van der Waals surface area contributed by atoms with Crippen molar-refractivity contribution in [2.24, 2.45) is 0 Å². The van der Waals surface area contributed by atoms with Crippen molar-refractivity contribution in [3.8, 4) is 0 Å². The largest absolute Gasteiger partial charge is 0.444 e. The van der Waals surface area contributed by atoms with Gasteiger partial charge in [-0.2, -0.15) is 0 Å². The fourth-order valence-electron chi connectivity index (χ4n) is 1.96. The van der Waals surface area contributed by atoms with Crippen molar-refractivity contribution in [3.63, 3.8) is 0 Å². The number of nitrogens with one attached hydrogen (secondary N) is 1. The van der Waals surface area contributed by atoms with Gasteiger partial charge in [0, 0.05) is 26.2 Å². The van der Waals surface area contributed by atoms with Crippen molar-refractivity contribution in [1.29, 1.82) is 0 Å². The molecule has 1 atom stereocenters. The van der Waals surface area contributed by atoms with Gasteiger partial charge in [-0.05, 0) is 46.6 Å². The second-order valence-corrected chi connectivity index (χ2v) is 6.12. The van der Waals surface area contributed by atoms with Gasteiger partial charge in [-0.25, -0.2) is 4.79 Å². The van der Waals surface area contributed by atoms with E-state index in [0.29, 0.717) is 12.6 Å². The Hall–Kier alpha value is -0.810. The minimum atomic E-state index is -0.428. The highest BCUT2D eigenvalue weighted by molar-refractivity contribution is 5.67. The van der Waals surface area contributed by atoms with Crippen molar-refractivity contribution in [1.82, 2.24) is 10.2 Å². The van der Waals surface area contributed by atoms with E-state index in [1.807, 2.05) is 20.8 Å². The summed E-state index contributed by atoms with van der Waals surface area (Å²) < 4.78 is 10.7. The van der Waals surface area contributed by atoms with Crippen LogP contribution in [0.25, 0.3) is 0 Å². The van der Waals surface area contributed by atoms with Gasteiger partial charge < -0.3 is 19.7 Å². The van der Waals surface area contributed by atoms with Crippen LogP contribution in [0.4, 0.5) is 4.79 Å². The molecule has 19 heavy (non-hydrogen) atoms. The van der Waals surface area contributed by atoms with Crippen LogP contribution in [0.5, 0.6) is 0 Å². The molecule has 1 rings (SSSR count). The molecule has 0 aliphatic carbocycles. The predicted molar refractivity (Wildman–Crippen MR) is 75.3 cm³/mol. The van der Waals surface area contributed by atoms with Crippen LogP contribution in [-0.2, 0) is 9.47 Å². The summed E-state index contributed by atoms with van der Waals surface area (Å²) in [6.07, 6.45) is 2.98. The Balaban J connectivity index is 2.09. The molecule has 0 radical (unpaired) electrons. The number of rotatable bonds is 5. The maximum Gasteiger partial charge on any atom is 0.410 e. The Morgan fingerprint density at radius 3 is 2.79 bits per heavy atom. The summed E-state index contributed by atoms with van der Waals surface area (Å²) in [7, 11) is 1.78. The van der Waals surface area contributed by atoms with Crippen LogP contribution < -0.4 is 5.32 Å². The van der Waals surface area contributed by atoms with E-state index in [4.69, 9.17) is 9.47 Å². The van der Waals surface area contributed by atoms with Crippen molar-refractivity contribution < 1.29 is 14.3 Å². The van der Waals surface area contributed by atoms with Crippen LogP contribution in [0.1, 0.15) is 40.0 Å². The summed E-state index contributed by atoms with van der Waals surface area (Å²) in [6.45, 7) is 8.94. The predicted octanol–water partition coefficient (Wildman–Crippen LogP) is 2.01. The van der Waals surface area contributed by atoms with Gasteiger partial charge in [-0.3, -0.25) is 0 Å². The average Bonchev–Trinajstić information content (AvgIpc) is 2.33. The lowest BCUT2D eigenvalue weighted by atomic mass is 10.1. The van der Waals surface area contributed by atoms with Crippen molar-refractivity contribution in [2.45, 2.75) is 51.7 Å². The smallest absolute Gasteiger partial charge is 0.410 e. The molecule has 0 aromatic rings. The third-order valence-electron chi connectivity index (χ3n) is 2.97. The first-order chi connectivity index (χ1) is 8.88. The van der Waals surface area contributed by atoms with Crippen molar-refractivity contribution in [3.05, 3.63) is 0 Å². The Morgan fingerprint density at radius 2 is 2.21 bits per heavy atom. The second kappa shape index (κ2) is 7.70. The van der Waals surface area contributed by atoms with Crippen LogP contribution in [0.2, 0.25) is 0 Å². The highest BCUT2D eigenvalue weighted by Gasteiger charge is 2.19. The number of carbonyl (C=O) groups is 1. The van der Waals surface area contributed by atoms with Crippen LogP contribution in [-0.4, -0.2) is 56.0 Å². The van der Waals surface area contributed by atoms with E-state index in [1.165, 1.54) is 6.42 Å². The van der Waals surface area contributed by atoms with Gasteiger partial charge in [0.2, 0.25) is 0 Å². The molecule has 5 nitrogen and oxygen atoms in total. The molecule has 5 heteroatoms. The number of hydrogen-bond donors (Lipinski definition) is 1. The maximum absolute atomic E-state index is 11.7. The van der Waals surface area contributed by atoms with E-state index in [2.05, 4.69) is 5.32 Å². The van der Waals surface area contributed by atoms with Crippen LogP contribution in [0.3, 0.4) is 0 Å². The zero-order valence-electron chi connectivity index (χ0n) is 12.7. The number of amides is 1. The van der Waals surface area contributed by atoms with Gasteiger partial charge >= 0.3 is 6.09 Å². The van der Waals surface area contributed by atoms with Crippen molar-refractivity contribution >= 4 is 6.09 Å². The summed E-state index contributed by atoms with van der Waals surface area (Å²) in [5, 5.41) is 3.46. The minimum Gasteiger partial charge on any atom is -0.444 e. The van der Waals surface area contributed by atoms with E-state index in [9.17, 15) is 4.79 Å². The van der Waals surface area contributed by atoms with E-state index in [-0.39, 0.29) is 6.09 Å². The first kappa shape index (κ1) is 16.2. The van der Waals surface area contributed by atoms with Crippen LogP contribution in [0, 0.1) is 0 Å². The molecular formula is C14H28N2O3. The fraction of sp³-hybridized carbons (Fsp3) is 0.929. The summed E-state index contributed by atoms with van der Waals surface area (Å²) in [6, 6.07) is 0.473. The van der Waals surface area contributed by atoms with Gasteiger partial charge in [-0.1, -0.05) is 0 Å². The number of hydrogen-bond acceptors (Lipinski definition) is 4. The molecule has 1 aliphatic heterocycles. The Kier molecular flexibility index (Phi) is 6.58. The second-order valence-electron chi connectivity index (χ2n) is 6.12. The summed E-state index contributed by atoms with van der Waals surface area (Å²) in [5.41, 5.74) is -0.428.